The highest BCUT2D eigenvalue weighted by Crippen LogP contribution is 2.34. The SMILES string of the molecule is CCC(CNC1CC1)=NCC(CC)CCCC1CC1. The highest BCUT2D eigenvalue weighted by Gasteiger charge is 2.21. The molecule has 0 amide bonds. The summed E-state index contributed by atoms with van der Waals surface area (Å²) in [5.41, 5.74) is 1.38. The minimum Gasteiger partial charge on any atom is -0.309 e. The van der Waals surface area contributed by atoms with E-state index < -0.39 is 0 Å². The Balaban J connectivity index is 1.61. The Hall–Kier alpha value is -0.370. The molecule has 0 aromatic carbocycles. The van der Waals surface area contributed by atoms with E-state index in [0.29, 0.717) is 0 Å². The summed E-state index contributed by atoms with van der Waals surface area (Å²) in [7, 11) is 0. The molecule has 0 spiro atoms. The normalized spacial score (nSPS) is 21.7. The zero-order valence-corrected chi connectivity index (χ0v) is 13.0. The summed E-state index contributed by atoms with van der Waals surface area (Å²) in [5.74, 6) is 1.91. The number of nitrogens with one attached hydrogen (secondary N) is 1. The van der Waals surface area contributed by atoms with Crippen molar-refractivity contribution in [3.05, 3.63) is 0 Å². The van der Waals surface area contributed by atoms with E-state index in [1.807, 2.05) is 0 Å². The fraction of sp³-hybridized carbons (Fsp3) is 0.941. The van der Waals surface area contributed by atoms with Gasteiger partial charge < -0.3 is 5.32 Å². The van der Waals surface area contributed by atoms with Gasteiger partial charge in [0.25, 0.3) is 0 Å². The van der Waals surface area contributed by atoms with Crippen LogP contribution in [-0.4, -0.2) is 24.8 Å². The molecule has 0 bridgehead atoms. The molecule has 0 aromatic heterocycles. The molecule has 1 unspecified atom stereocenters. The maximum absolute atomic E-state index is 4.88. The quantitative estimate of drug-likeness (QED) is 0.556. The van der Waals surface area contributed by atoms with Gasteiger partial charge in [0.15, 0.2) is 0 Å². The fourth-order valence-corrected chi connectivity index (χ4v) is 2.63. The lowest BCUT2D eigenvalue weighted by Gasteiger charge is -2.13. The van der Waals surface area contributed by atoms with Crippen LogP contribution in [0.1, 0.15) is 71.6 Å². The van der Waals surface area contributed by atoms with E-state index in [2.05, 4.69) is 19.2 Å². The van der Waals surface area contributed by atoms with Crippen LogP contribution >= 0.6 is 0 Å². The van der Waals surface area contributed by atoms with Crippen molar-refractivity contribution in [2.75, 3.05) is 13.1 Å². The minimum absolute atomic E-state index is 0.803. The summed E-state index contributed by atoms with van der Waals surface area (Å²) in [6, 6.07) is 0.803. The van der Waals surface area contributed by atoms with Crippen LogP contribution in [-0.2, 0) is 0 Å². The largest absolute Gasteiger partial charge is 0.309 e. The third kappa shape index (κ3) is 6.56. The van der Waals surface area contributed by atoms with E-state index in [-0.39, 0.29) is 0 Å². The van der Waals surface area contributed by atoms with Crippen molar-refractivity contribution in [2.45, 2.75) is 77.7 Å². The van der Waals surface area contributed by atoms with Crippen LogP contribution in [0.4, 0.5) is 0 Å². The molecule has 0 aliphatic heterocycles. The van der Waals surface area contributed by atoms with Crippen molar-refractivity contribution in [3.8, 4) is 0 Å². The highest BCUT2D eigenvalue weighted by molar-refractivity contribution is 5.86. The number of hydrogen-bond acceptors (Lipinski definition) is 2. The van der Waals surface area contributed by atoms with Crippen molar-refractivity contribution in [1.29, 1.82) is 0 Å². The van der Waals surface area contributed by atoms with Gasteiger partial charge in [0.1, 0.15) is 0 Å². The van der Waals surface area contributed by atoms with E-state index in [1.54, 1.807) is 0 Å². The van der Waals surface area contributed by atoms with E-state index >= 15 is 0 Å². The summed E-state index contributed by atoms with van der Waals surface area (Å²) >= 11 is 0. The van der Waals surface area contributed by atoms with Crippen molar-refractivity contribution in [2.24, 2.45) is 16.8 Å². The molecule has 0 aromatic rings. The Morgan fingerprint density at radius 3 is 2.58 bits per heavy atom. The van der Waals surface area contributed by atoms with Gasteiger partial charge in [0.2, 0.25) is 0 Å². The monoisotopic (exact) mass is 264 g/mol. The van der Waals surface area contributed by atoms with Crippen LogP contribution in [0.5, 0.6) is 0 Å². The Labute approximate surface area is 119 Å². The molecule has 0 heterocycles. The lowest BCUT2D eigenvalue weighted by atomic mass is 9.98. The molecule has 2 saturated carbocycles. The first-order valence-corrected chi connectivity index (χ1v) is 8.57. The average Bonchev–Trinajstić information content (AvgIpc) is 3.29. The smallest absolute Gasteiger partial charge is 0.0417 e. The molecule has 0 saturated heterocycles. The van der Waals surface area contributed by atoms with Gasteiger partial charge in [0, 0.05) is 24.8 Å². The molecule has 2 aliphatic carbocycles. The summed E-state index contributed by atoms with van der Waals surface area (Å²) in [5, 5.41) is 3.58. The minimum atomic E-state index is 0.803. The summed E-state index contributed by atoms with van der Waals surface area (Å²) in [6.07, 6.45) is 12.4. The predicted molar refractivity (Wildman–Crippen MR) is 84.0 cm³/mol. The Kier molecular flexibility index (Phi) is 6.36. The molecule has 2 heteroatoms. The van der Waals surface area contributed by atoms with E-state index in [4.69, 9.17) is 4.99 Å². The van der Waals surface area contributed by atoms with Gasteiger partial charge in [-0.15, -0.1) is 0 Å². The number of nitrogens with zero attached hydrogens (tertiary/aromatic N) is 1. The lowest BCUT2D eigenvalue weighted by Crippen LogP contribution is -2.25. The van der Waals surface area contributed by atoms with E-state index in [0.717, 1.165) is 37.4 Å². The van der Waals surface area contributed by atoms with Crippen LogP contribution < -0.4 is 5.32 Å². The second kappa shape index (κ2) is 8.04. The number of rotatable bonds is 11. The van der Waals surface area contributed by atoms with Crippen LogP contribution in [0.3, 0.4) is 0 Å². The molecule has 2 rings (SSSR count). The Morgan fingerprint density at radius 2 is 2.00 bits per heavy atom. The van der Waals surface area contributed by atoms with Crippen LogP contribution in [0.15, 0.2) is 4.99 Å². The Bertz CT molecular complexity index is 277. The number of hydrogen-bond donors (Lipinski definition) is 1. The second-order valence-corrected chi connectivity index (χ2v) is 6.56. The highest BCUT2D eigenvalue weighted by atomic mass is 15.0. The van der Waals surface area contributed by atoms with Crippen LogP contribution in [0.25, 0.3) is 0 Å². The molecule has 19 heavy (non-hydrogen) atoms. The van der Waals surface area contributed by atoms with Gasteiger partial charge in [-0.05, 0) is 37.5 Å². The lowest BCUT2D eigenvalue weighted by molar-refractivity contribution is 0.448. The zero-order chi connectivity index (χ0) is 13.5. The van der Waals surface area contributed by atoms with E-state index in [9.17, 15) is 0 Å². The molecule has 110 valence electrons. The molecule has 2 nitrogen and oxygen atoms in total. The van der Waals surface area contributed by atoms with Crippen LogP contribution in [0.2, 0.25) is 0 Å². The molecule has 1 N–H and O–H groups in total. The first-order chi connectivity index (χ1) is 9.31. The van der Waals surface area contributed by atoms with Gasteiger partial charge >= 0.3 is 0 Å². The molecule has 0 radical (unpaired) electrons. The molecule has 2 fully saturated rings. The average molecular weight is 264 g/mol. The van der Waals surface area contributed by atoms with Crippen molar-refractivity contribution in [1.82, 2.24) is 5.32 Å². The summed E-state index contributed by atoms with van der Waals surface area (Å²) in [4.78, 5) is 4.88. The molecule has 2 aliphatic rings. The van der Waals surface area contributed by atoms with Gasteiger partial charge in [-0.2, -0.15) is 0 Å². The van der Waals surface area contributed by atoms with Gasteiger partial charge in [-0.25, -0.2) is 0 Å². The summed E-state index contributed by atoms with van der Waals surface area (Å²) in [6.45, 7) is 6.66. The van der Waals surface area contributed by atoms with Gasteiger partial charge in [-0.1, -0.05) is 46.0 Å². The topological polar surface area (TPSA) is 24.4 Å². The van der Waals surface area contributed by atoms with E-state index in [1.165, 1.54) is 57.1 Å². The maximum Gasteiger partial charge on any atom is 0.0417 e. The molecule has 1 atom stereocenters. The second-order valence-electron chi connectivity index (χ2n) is 6.56. The Morgan fingerprint density at radius 1 is 1.21 bits per heavy atom. The number of aliphatic imine (C=N–C) groups is 1. The molecular formula is C17H32N2. The predicted octanol–water partition coefficient (Wildman–Crippen LogP) is 4.20. The summed E-state index contributed by atoms with van der Waals surface area (Å²) < 4.78 is 0. The zero-order valence-electron chi connectivity index (χ0n) is 13.0. The van der Waals surface area contributed by atoms with Crippen LogP contribution in [0, 0.1) is 11.8 Å². The third-order valence-electron chi connectivity index (χ3n) is 4.65. The van der Waals surface area contributed by atoms with Crippen molar-refractivity contribution >= 4 is 5.71 Å². The van der Waals surface area contributed by atoms with Crippen molar-refractivity contribution in [3.63, 3.8) is 0 Å². The van der Waals surface area contributed by atoms with Crippen molar-refractivity contribution < 1.29 is 0 Å². The first-order valence-electron chi connectivity index (χ1n) is 8.57. The van der Waals surface area contributed by atoms with Gasteiger partial charge in [-0.3, -0.25) is 4.99 Å². The third-order valence-corrected chi connectivity index (χ3v) is 4.65. The fourth-order valence-electron chi connectivity index (χ4n) is 2.63. The maximum atomic E-state index is 4.88. The molecular weight excluding hydrogens is 232 g/mol. The van der Waals surface area contributed by atoms with Gasteiger partial charge in [0.05, 0.1) is 0 Å². The first kappa shape index (κ1) is 15.0. The standard InChI is InChI=1S/C17H32N2/c1-3-14(6-5-7-15-8-9-15)12-18-16(4-2)13-19-17-10-11-17/h14-15,17,19H,3-13H2,1-2H3.